The molecule has 0 aliphatic rings. The summed E-state index contributed by atoms with van der Waals surface area (Å²) in [5.41, 5.74) is 3.06. The number of amides is 1. The van der Waals surface area contributed by atoms with E-state index in [0.717, 1.165) is 21.9 Å². The minimum absolute atomic E-state index is 0.0238. The molecule has 128 valence electrons. The Balaban J connectivity index is 2.00. The molecule has 0 spiro atoms. The summed E-state index contributed by atoms with van der Waals surface area (Å²) in [6.07, 6.45) is 1.43. The van der Waals surface area contributed by atoms with Gasteiger partial charge >= 0.3 is 0 Å². The van der Waals surface area contributed by atoms with E-state index in [-0.39, 0.29) is 11.3 Å². The smallest absolute Gasteiger partial charge is 0.266 e. The molecule has 3 aromatic carbocycles. The van der Waals surface area contributed by atoms with Gasteiger partial charge in [-0.05, 0) is 60.0 Å². The number of nitrogens with one attached hydrogen (secondary N) is 1. The summed E-state index contributed by atoms with van der Waals surface area (Å²) >= 11 is 0. The molecular weight excluding hydrogens is 324 g/mol. The van der Waals surface area contributed by atoms with E-state index in [0.29, 0.717) is 11.3 Å². The van der Waals surface area contributed by atoms with E-state index in [2.05, 4.69) is 5.32 Å². The number of phenols is 1. The molecule has 4 heteroatoms. The number of anilines is 1. The molecule has 4 nitrogen and oxygen atoms in total. The van der Waals surface area contributed by atoms with Crippen molar-refractivity contribution in [2.45, 2.75) is 13.8 Å². The molecule has 1 amide bonds. The first-order chi connectivity index (χ1) is 12.5. The number of rotatable bonds is 3. The average molecular weight is 342 g/mol. The van der Waals surface area contributed by atoms with Crippen molar-refractivity contribution in [3.63, 3.8) is 0 Å². The van der Waals surface area contributed by atoms with Crippen LogP contribution in [0, 0.1) is 25.2 Å². The first-order valence-corrected chi connectivity index (χ1v) is 8.20. The zero-order valence-corrected chi connectivity index (χ0v) is 14.6. The Hall–Kier alpha value is -3.58. The molecule has 2 N–H and O–H groups in total. The van der Waals surface area contributed by atoms with Gasteiger partial charge in [-0.2, -0.15) is 5.26 Å². The van der Waals surface area contributed by atoms with Crippen LogP contribution in [-0.4, -0.2) is 11.0 Å². The van der Waals surface area contributed by atoms with Crippen molar-refractivity contribution in [2.75, 3.05) is 5.32 Å². The van der Waals surface area contributed by atoms with E-state index < -0.39 is 5.91 Å². The predicted octanol–water partition coefficient (Wildman–Crippen LogP) is 4.71. The number of fused-ring (bicyclic) bond motifs is 1. The van der Waals surface area contributed by atoms with Gasteiger partial charge in [0.2, 0.25) is 0 Å². The van der Waals surface area contributed by atoms with Crippen LogP contribution in [0.4, 0.5) is 5.69 Å². The van der Waals surface area contributed by atoms with Crippen LogP contribution in [0.5, 0.6) is 5.75 Å². The standard InChI is InChI=1S/C22H18N2O2/c1-14-9-15(2)11-18(10-14)24-22(26)17(13-23)12-20-19-6-4-3-5-16(19)7-8-21(20)25/h3-12,25H,1-2H3,(H,24,26)/b17-12-. The van der Waals surface area contributed by atoms with E-state index in [1.807, 2.05) is 62.4 Å². The molecule has 0 unspecified atom stereocenters. The monoisotopic (exact) mass is 342 g/mol. The minimum Gasteiger partial charge on any atom is -0.507 e. The maximum atomic E-state index is 12.5. The highest BCUT2D eigenvalue weighted by Gasteiger charge is 2.13. The van der Waals surface area contributed by atoms with Gasteiger partial charge in [-0.25, -0.2) is 0 Å². The molecule has 0 saturated heterocycles. The van der Waals surface area contributed by atoms with Crippen LogP contribution in [0.1, 0.15) is 16.7 Å². The Labute approximate surface area is 152 Å². The van der Waals surface area contributed by atoms with Crippen molar-refractivity contribution in [3.8, 4) is 11.8 Å². The second-order valence-electron chi connectivity index (χ2n) is 6.22. The number of carbonyl (C=O) groups is 1. The van der Waals surface area contributed by atoms with Crippen LogP contribution in [0.25, 0.3) is 16.8 Å². The Morgan fingerprint density at radius 1 is 1.08 bits per heavy atom. The quantitative estimate of drug-likeness (QED) is 0.535. The Morgan fingerprint density at radius 2 is 1.77 bits per heavy atom. The number of phenolic OH excluding ortho intramolecular Hbond substituents is 1. The fourth-order valence-electron chi connectivity index (χ4n) is 2.97. The molecule has 0 fully saturated rings. The first kappa shape index (κ1) is 17.2. The third-order valence-corrected chi connectivity index (χ3v) is 4.08. The Morgan fingerprint density at radius 3 is 2.46 bits per heavy atom. The highest BCUT2D eigenvalue weighted by atomic mass is 16.3. The Bertz CT molecular complexity index is 1050. The Kier molecular flexibility index (Phi) is 4.72. The van der Waals surface area contributed by atoms with Gasteiger partial charge in [-0.3, -0.25) is 4.79 Å². The van der Waals surface area contributed by atoms with Gasteiger partial charge in [0.15, 0.2) is 0 Å². The predicted molar refractivity (Wildman–Crippen MR) is 104 cm³/mol. The molecule has 0 aromatic heterocycles. The van der Waals surface area contributed by atoms with Gasteiger partial charge in [-0.15, -0.1) is 0 Å². The van der Waals surface area contributed by atoms with Crippen molar-refractivity contribution in [3.05, 3.63) is 76.9 Å². The third kappa shape index (κ3) is 3.57. The molecule has 0 aliphatic carbocycles. The van der Waals surface area contributed by atoms with E-state index in [9.17, 15) is 15.2 Å². The van der Waals surface area contributed by atoms with Gasteiger partial charge in [0, 0.05) is 11.3 Å². The molecule has 0 atom stereocenters. The van der Waals surface area contributed by atoms with Crippen molar-refractivity contribution >= 4 is 28.4 Å². The number of hydrogen-bond acceptors (Lipinski definition) is 3. The van der Waals surface area contributed by atoms with Crippen LogP contribution in [0.15, 0.2) is 60.2 Å². The number of aromatic hydroxyl groups is 1. The topological polar surface area (TPSA) is 73.1 Å². The fourth-order valence-corrected chi connectivity index (χ4v) is 2.97. The lowest BCUT2D eigenvalue weighted by Gasteiger charge is -2.08. The zero-order chi connectivity index (χ0) is 18.7. The van der Waals surface area contributed by atoms with Crippen LogP contribution < -0.4 is 5.32 Å². The second-order valence-corrected chi connectivity index (χ2v) is 6.22. The van der Waals surface area contributed by atoms with Gasteiger partial charge in [0.05, 0.1) is 0 Å². The van der Waals surface area contributed by atoms with E-state index in [1.165, 1.54) is 6.08 Å². The van der Waals surface area contributed by atoms with Crippen molar-refractivity contribution in [1.82, 2.24) is 0 Å². The molecule has 3 aromatic rings. The maximum absolute atomic E-state index is 12.5. The van der Waals surface area contributed by atoms with Crippen LogP contribution >= 0.6 is 0 Å². The molecule has 0 heterocycles. The number of aryl methyl sites for hydroxylation is 2. The molecule has 26 heavy (non-hydrogen) atoms. The summed E-state index contributed by atoms with van der Waals surface area (Å²) in [4.78, 5) is 12.5. The van der Waals surface area contributed by atoms with E-state index >= 15 is 0 Å². The van der Waals surface area contributed by atoms with Gasteiger partial charge in [-0.1, -0.05) is 36.4 Å². The molecular formula is C22H18N2O2. The number of nitrogens with zero attached hydrogens (tertiary/aromatic N) is 1. The fraction of sp³-hybridized carbons (Fsp3) is 0.0909. The maximum Gasteiger partial charge on any atom is 0.266 e. The van der Waals surface area contributed by atoms with Crippen LogP contribution in [0.2, 0.25) is 0 Å². The van der Waals surface area contributed by atoms with Gasteiger partial charge in [0.1, 0.15) is 17.4 Å². The summed E-state index contributed by atoms with van der Waals surface area (Å²) in [7, 11) is 0. The lowest BCUT2D eigenvalue weighted by atomic mass is 10.0. The molecule has 0 aliphatic heterocycles. The van der Waals surface area contributed by atoms with Gasteiger partial charge in [0.25, 0.3) is 5.91 Å². The summed E-state index contributed by atoms with van der Waals surface area (Å²) in [5.74, 6) is -0.486. The molecule has 3 rings (SSSR count). The lowest BCUT2D eigenvalue weighted by molar-refractivity contribution is -0.112. The second kappa shape index (κ2) is 7.12. The average Bonchev–Trinajstić information content (AvgIpc) is 2.60. The highest BCUT2D eigenvalue weighted by molar-refractivity contribution is 6.11. The molecule has 0 bridgehead atoms. The zero-order valence-electron chi connectivity index (χ0n) is 14.6. The minimum atomic E-state index is -0.509. The van der Waals surface area contributed by atoms with Crippen LogP contribution in [-0.2, 0) is 4.79 Å². The van der Waals surface area contributed by atoms with Crippen molar-refractivity contribution < 1.29 is 9.90 Å². The van der Waals surface area contributed by atoms with Crippen molar-refractivity contribution in [1.29, 1.82) is 5.26 Å². The number of benzene rings is 3. The summed E-state index contributed by atoms with van der Waals surface area (Å²) in [6, 6.07) is 18.5. The molecule has 0 saturated carbocycles. The third-order valence-electron chi connectivity index (χ3n) is 4.08. The molecule has 0 radical (unpaired) electrons. The van der Waals surface area contributed by atoms with Gasteiger partial charge < -0.3 is 10.4 Å². The van der Waals surface area contributed by atoms with Crippen molar-refractivity contribution in [2.24, 2.45) is 0 Å². The number of hydrogen-bond donors (Lipinski definition) is 2. The number of carbonyl (C=O) groups excluding carboxylic acids is 1. The summed E-state index contributed by atoms with van der Waals surface area (Å²) in [5, 5.41) is 24.1. The SMILES string of the molecule is Cc1cc(C)cc(NC(=O)/C(C#N)=C\c2c(O)ccc3ccccc23)c1. The van der Waals surface area contributed by atoms with Crippen LogP contribution in [0.3, 0.4) is 0 Å². The summed E-state index contributed by atoms with van der Waals surface area (Å²) in [6.45, 7) is 3.88. The first-order valence-electron chi connectivity index (χ1n) is 8.20. The highest BCUT2D eigenvalue weighted by Crippen LogP contribution is 2.29. The normalized spacial score (nSPS) is 11.2. The summed E-state index contributed by atoms with van der Waals surface area (Å²) < 4.78 is 0. The number of nitriles is 1. The van der Waals surface area contributed by atoms with E-state index in [1.54, 1.807) is 12.1 Å². The van der Waals surface area contributed by atoms with E-state index in [4.69, 9.17) is 0 Å². The largest absolute Gasteiger partial charge is 0.507 e. The lowest BCUT2D eigenvalue weighted by Crippen LogP contribution is -2.13.